The van der Waals surface area contributed by atoms with Crippen LogP contribution in [0.5, 0.6) is 0 Å². The summed E-state index contributed by atoms with van der Waals surface area (Å²) in [7, 11) is 0. The van der Waals surface area contributed by atoms with E-state index in [4.69, 9.17) is 4.74 Å². The summed E-state index contributed by atoms with van der Waals surface area (Å²) in [6.07, 6.45) is 0. The quantitative estimate of drug-likeness (QED) is 0.601. The molecule has 0 aliphatic heterocycles. The molecule has 0 N–H and O–H groups in total. The van der Waals surface area contributed by atoms with Crippen molar-refractivity contribution < 1.29 is 14.3 Å². The summed E-state index contributed by atoms with van der Waals surface area (Å²) in [6, 6.07) is 14.8. The molecule has 0 fully saturated rings. The maximum absolute atomic E-state index is 12.4. The Labute approximate surface area is 157 Å². The molecule has 7 nitrogen and oxygen atoms in total. The molecular formula is C20H22N4O3. The average Bonchev–Trinajstić information content (AvgIpc) is 3.13. The molecule has 0 atom stereocenters. The lowest BCUT2D eigenvalue weighted by Crippen LogP contribution is -2.34. The lowest BCUT2D eigenvalue weighted by atomic mass is 10.2. The van der Waals surface area contributed by atoms with Gasteiger partial charge < -0.3 is 9.64 Å². The van der Waals surface area contributed by atoms with Gasteiger partial charge in [-0.3, -0.25) is 4.79 Å². The molecule has 0 unspecified atom stereocenters. The molecule has 1 amide bonds. The predicted octanol–water partition coefficient (Wildman–Crippen LogP) is 2.66. The third kappa shape index (κ3) is 4.31. The zero-order valence-electron chi connectivity index (χ0n) is 15.5. The fraction of sp³-hybridized carbons (Fsp3) is 0.300. The molecule has 3 rings (SSSR count). The molecule has 2 aromatic carbocycles. The van der Waals surface area contributed by atoms with Gasteiger partial charge in [-0.15, -0.1) is 5.10 Å². The van der Waals surface area contributed by atoms with Crippen LogP contribution in [0.4, 0.5) is 0 Å². The molecule has 0 spiro atoms. The van der Waals surface area contributed by atoms with E-state index < -0.39 is 5.97 Å². The smallest absolute Gasteiger partial charge is 0.338 e. The maximum atomic E-state index is 12.4. The molecule has 3 aromatic rings. The van der Waals surface area contributed by atoms with E-state index in [2.05, 4.69) is 10.3 Å². The van der Waals surface area contributed by atoms with Gasteiger partial charge in [0.05, 0.1) is 11.1 Å². The summed E-state index contributed by atoms with van der Waals surface area (Å²) < 4.78 is 6.95. The number of benzene rings is 2. The molecule has 0 saturated heterocycles. The van der Waals surface area contributed by atoms with Crippen molar-refractivity contribution in [1.29, 1.82) is 0 Å². The number of fused-ring (bicyclic) bond motifs is 1. The van der Waals surface area contributed by atoms with Crippen molar-refractivity contribution in [2.75, 3.05) is 13.2 Å². The van der Waals surface area contributed by atoms with E-state index in [1.165, 1.54) is 0 Å². The Kier molecular flexibility index (Phi) is 5.80. The number of hydrogen-bond donors (Lipinski definition) is 0. The molecule has 1 heterocycles. The minimum absolute atomic E-state index is 0.229. The Morgan fingerprint density at radius 3 is 2.59 bits per heavy atom. The number of ether oxygens (including phenoxy) is 1. The number of rotatable bonds is 7. The van der Waals surface area contributed by atoms with Crippen molar-refractivity contribution in [3.05, 3.63) is 59.7 Å². The molecule has 0 bridgehead atoms. The second kappa shape index (κ2) is 8.44. The topological polar surface area (TPSA) is 77.3 Å². The average molecular weight is 366 g/mol. The minimum atomic E-state index is -0.549. The highest BCUT2D eigenvalue weighted by atomic mass is 16.5. The van der Waals surface area contributed by atoms with Crippen LogP contribution in [-0.4, -0.2) is 44.9 Å². The summed E-state index contributed by atoms with van der Waals surface area (Å²) >= 11 is 0. The summed E-state index contributed by atoms with van der Waals surface area (Å²) in [5.41, 5.74) is 2.86. The van der Waals surface area contributed by atoms with Crippen LogP contribution >= 0.6 is 0 Å². The number of likely N-dealkylation sites (N-methyl/N-ethyl adjacent to an activating group) is 1. The molecule has 7 heteroatoms. The van der Waals surface area contributed by atoms with Gasteiger partial charge in [0.2, 0.25) is 0 Å². The van der Waals surface area contributed by atoms with Crippen molar-refractivity contribution in [3.63, 3.8) is 0 Å². The molecule has 140 valence electrons. The minimum Gasteiger partial charge on any atom is -0.452 e. The first kappa shape index (κ1) is 18.6. The first-order valence-corrected chi connectivity index (χ1v) is 8.94. The van der Waals surface area contributed by atoms with Gasteiger partial charge >= 0.3 is 5.97 Å². The van der Waals surface area contributed by atoms with E-state index in [1.54, 1.807) is 27.8 Å². The van der Waals surface area contributed by atoms with Gasteiger partial charge in [0.1, 0.15) is 5.52 Å². The van der Waals surface area contributed by atoms with Crippen molar-refractivity contribution in [2.24, 2.45) is 0 Å². The van der Waals surface area contributed by atoms with Gasteiger partial charge in [-0.25, -0.2) is 9.48 Å². The summed E-state index contributed by atoms with van der Waals surface area (Å²) in [6.45, 7) is 5.30. The first-order valence-electron chi connectivity index (χ1n) is 8.94. The molecular weight excluding hydrogens is 344 g/mol. The Bertz CT molecular complexity index is 937. The summed E-state index contributed by atoms with van der Waals surface area (Å²) in [4.78, 5) is 26.3. The zero-order valence-corrected chi connectivity index (χ0v) is 15.5. The third-order valence-corrected chi connectivity index (χ3v) is 4.33. The number of carbonyl (C=O) groups excluding carboxylic acids is 2. The van der Waals surface area contributed by atoms with Gasteiger partial charge in [-0.1, -0.05) is 35.5 Å². The molecule has 0 aliphatic carbocycles. The largest absolute Gasteiger partial charge is 0.452 e. The SMILES string of the molecule is CCN(Cc1ccccc1)C(=O)COC(=O)c1ccc2c(c1)nnn2CC. The lowest BCUT2D eigenvalue weighted by Gasteiger charge is -2.20. The van der Waals surface area contributed by atoms with Gasteiger partial charge in [0, 0.05) is 19.6 Å². The molecule has 1 aromatic heterocycles. The van der Waals surface area contributed by atoms with Crippen molar-refractivity contribution in [2.45, 2.75) is 26.9 Å². The van der Waals surface area contributed by atoms with E-state index in [-0.39, 0.29) is 12.5 Å². The van der Waals surface area contributed by atoms with Crippen LogP contribution in [0.1, 0.15) is 29.8 Å². The Morgan fingerprint density at radius 2 is 1.89 bits per heavy atom. The fourth-order valence-electron chi connectivity index (χ4n) is 2.81. The van der Waals surface area contributed by atoms with E-state index in [9.17, 15) is 9.59 Å². The van der Waals surface area contributed by atoms with Crippen molar-refractivity contribution in [1.82, 2.24) is 19.9 Å². The van der Waals surface area contributed by atoms with E-state index in [0.717, 1.165) is 11.1 Å². The standard InChI is InChI=1S/C20H22N4O3/c1-3-23(13-15-8-6-5-7-9-15)19(25)14-27-20(26)16-10-11-18-17(12-16)21-22-24(18)4-2/h5-12H,3-4,13-14H2,1-2H3. The normalized spacial score (nSPS) is 10.7. The fourth-order valence-corrected chi connectivity index (χ4v) is 2.81. The maximum Gasteiger partial charge on any atom is 0.338 e. The van der Waals surface area contributed by atoms with E-state index >= 15 is 0 Å². The second-order valence-electron chi connectivity index (χ2n) is 6.08. The van der Waals surface area contributed by atoms with E-state index in [0.29, 0.717) is 30.7 Å². The van der Waals surface area contributed by atoms with Crippen molar-refractivity contribution >= 4 is 22.9 Å². The summed E-state index contributed by atoms with van der Waals surface area (Å²) in [5.74, 6) is -0.778. The number of aromatic nitrogens is 3. The van der Waals surface area contributed by atoms with Crippen LogP contribution in [0.25, 0.3) is 11.0 Å². The van der Waals surface area contributed by atoms with Gasteiger partial charge in [-0.05, 0) is 37.6 Å². The first-order chi connectivity index (χ1) is 13.1. The van der Waals surface area contributed by atoms with Gasteiger partial charge in [0.25, 0.3) is 5.91 Å². The number of aryl methyl sites for hydroxylation is 1. The Morgan fingerprint density at radius 1 is 1.11 bits per heavy atom. The number of amides is 1. The third-order valence-electron chi connectivity index (χ3n) is 4.33. The van der Waals surface area contributed by atoms with E-state index in [1.807, 2.05) is 44.2 Å². The Hall–Kier alpha value is -3.22. The Balaban J connectivity index is 1.61. The molecule has 27 heavy (non-hydrogen) atoms. The van der Waals surface area contributed by atoms with Crippen LogP contribution in [0, 0.1) is 0 Å². The second-order valence-corrected chi connectivity index (χ2v) is 6.08. The number of esters is 1. The van der Waals surface area contributed by atoms with Crippen molar-refractivity contribution in [3.8, 4) is 0 Å². The monoisotopic (exact) mass is 366 g/mol. The van der Waals surface area contributed by atoms with Gasteiger partial charge in [-0.2, -0.15) is 0 Å². The number of carbonyl (C=O) groups is 2. The van der Waals surface area contributed by atoms with Crippen LogP contribution in [0.2, 0.25) is 0 Å². The highest BCUT2D eigenvalue weighted by molar-refractivity contribution is 5.94. The molecule has 0 saturated carbocycles. The van der Waals surface area contributed by atoms with Crippen LogP contribution in [0.3, 0.4) is 0 Å². The molecule has 0 aliphatic rings. The summed E-state index contributed by atoms with van der Waals surface area (Å²) in [5, 5.41) is 8.06. The predicted molar refractivity (Wildman–Crippen MR) is 101 cm³/mol. The molecule has 0 radical (unpaired) electrons. The van der Waals surface area contributed by atoms with Crippen LogP contribution in [-0.2, 0) is 22.6 Å². The van der Waals surface area contributed by atoms with Gasteiger partial charge in [0.15, 0.2) is 6.61 Å². The number of hydrogen-bond acceptors (Lipinski definition) is 5. The lowest BCUT2D eigenvalue weighted by molar-refractivity contribution is -0.134. The van der Waals surface area contributed by atoms with Crippen LogP contribution < -0.4 is 0 Å². The number of nitrogens with zero attached hydrogens (tertiary/aromatic N) is 4. The zero-order chi connectivity index (χ0) is 19.2. The highest BCUT2D eigenvalue weighted by Crippen LogP contribution is 2.14. The van der Waals surface area contributed by atoms with Crippen LogP contribution in [0.15, 0.2) is 48.5 Å². The highest BCUT2D eigenvalue weighted by Gasteiger charge is 2.16.